The van der Waals surface area contributed by atoms with E-state index in [0.717, 1.165) is 6.42 Å². The van der Waals surface area contributed by atoms with Crippen molar-refractivity contribution in [2.45, 2.75) is 65.1 Å². The first-order chi connectivity index (χ1) is 9.23. The van der Waals surface area contributed by atoms with Crippen LogP contribution in [0.2, 0.25) is 0 Å². The summed E-state index contributed by atoms with van der Waals surface area (Å²) in [6, 6.07) is 9.74. The quantitative estimate of drug-likeness (QED) is 0.885. The van der Waals surface area contributed by atoms with E-state index in [1.54, 1.807) is 0 Å². The third kappa shape index (κ3) is 2.77. The Morgan fingerprint density at radius 1 is 1.20 bits per heavy atom. The van der Waals surface area contributed by atoms with Gasteiger partial charge in [-0.3, -0.25) is 4.90 Å². The molecule has 1 aliphatic rings. The molecule has 0 amide bonds. The number of hydrogen-bond acceptors (Lipinski definition) is 2. The highest BCUT2D eigenvalue weighted by molar-refractivity contribution is 5.36. The minimum Gasteiger partial charge on any atom is -0.323 e. The van der Waals surface area contributed by atoms with Crippen LogP contribution in [0.3, 0.4) is 0 Å². The molecular formula is C18H30N2. The van der Waals surface area contributed by atoms with Crippen LogP contribution in [0.1, 0.15) is 64.1 Å². The molecule has 1 aliphatic carbocycles. The summed E-state index contributed by atoms with van der Waals surface area (Å²) in [5, 5.41) is 0. The molecule has 0 bridgehead atoms. The zero-order valence-electron chi connectivity index (χ0n) is 13.9. The number of rotatable bonds is 2. The Kier molecular flexibility index (Phi) is 4.27. The third-order valence-electron chi connectivity index (χ3n) is 5.28. The average molecular weight is 274 g/mol. The van der Waals surface area contributed by atoms with Gasteiger partial charge < -0.3 is 5.73 Å². The molecule has 0 aliphatic heterocycles. The highest BCUT2D eigenvalue weighted by atomic mass is 15.2. The zero-order valence-corrected chi connectivity index (χ0v) is 13.9. The summed E-state index contributed by atoms with van der Waals surface area (Å²) in [6.45, 7) is 11.6. The summed E-state index contributed by atoms with van der Waals surface area (Å²) in [5.41, 5.74) is 9.64. The molecule has 2 rings (SSSR count). The maximum absolute atomic E-state index is 6.59. The first-order valence-electron chi connectivity index (χ1n) is 7.79. The van der Waals surface area contributed by atoms with E-state index >= 15 is 0 Å². The molecule has 112 valence electrons. The van der Waals surface area contributed by atoms with Crippen molar-refractivity contribution < 1.29 is 0 Å². The van der Waals surface area contributed by atoms with Gasteiger partial charge in [-0.25, -0.2) is 0 Å². The molecule has 0 radical (unpaired) electrons. The van der Waals surface area contributed by atoms with Gasteiger partial charge in [-0.15, -0.1) is 0 Å². The van der Waals surface area contributed by atoms with E-state index in [9.17, 15) is 0 Å². The standard InChI is InChI=1S/C18H30N2/c1-12-11-16(20(6)13(2)18(3,4)5)17(19)15-10-8-7-9-14(12)15/h7-10,12-13,16-17H,11,19H2,1-6H3. The predicted octanol–water partition coefficient (Wildman–Crippen LogP) is 3.93. The summed E-state index contributed by atoms with van der Waals surface area (Å²) < 4.78 is 0. The molecule has 0 spiro atoms. The van der Waals surface area contributed by atoms with E-state index in [0.29, 0.717) is 18.0 Å². The molecular weight excluding hydrogens is 244 g/mol. The number of likely N-dealkylation sites (N-methyl/N-ethyl adjacent to an activating group) is 1. The van der Waals surface area contributed by atoms with Crippen LogP contribution < -0.4 is 5.73 Å². The van der Waals surface area contributed by atoms with Crippen molar-refractivity contribution in [1.29, 1.82) is 0 Å². The fourth-order valence-electron chi connectivity index (χ4n) is 3.42. The van der Waals surface area contributed by atoms with Crippen LogP contribution >= 0.6 is 0 Å². The monoisotopic (exact) mass is 274 g/mol. The van der Waals surface area contributed by atoms with Crippen molar-refractivity contribution in [1.82, 2.24) is 4.90 Å². The Bertz CT molecular complexity index is 461. The van der Waals surface area contributed by atoms with E-state index in [1.165, 1.54) is 11.1 Å². The molecule has 0 saturated carbocycles. The molecule has 0 aromatic heterocycles. The van der Waals surface area contributed by atoms with Crippen molar-refractivity contribution in [3.05, 3.63) is 35.4 Å². The topological polar surface area (TPSA) is 29.3 Å². The Hall–Kier alpha value is -0.860. The molecule has 2 nitrogen and oxygen atoms in total. The van der Waals surface area contributed by atoms with Gasteiger partial charge in [0.2, 0.25) is 0 Å². The van der Waals surface area contributed by atoms with Crippen LogP contribution in [0.25, 0.3) is 0 Å². The summed E-state index contributed by atoms with van der Waals surface area (Å²) in [6.07, 6.45) is 1.15. The summed E-state index contributed by atoms with van der Waals surface area (Å²) in [5.74, 6) is 0.589. The van der Waals surface area contributed by atoms with E-state index in [4.69, 9.17) is 5.73 Å². The molecule has 0 fully saturated rings. The first-order valence-corrected chi connectivity index (χ1v) is 7.79. The van der Waals surface area contributed by atoms with Crippen LogP contribution in [0.4, 0.5) is 0 Å². The van der Waals surface area contributed by atoms with Gasteiger partial charge in [0.05, 0.1) is 0 Å². The van der Waals surface area contributed by atoms with Crippen LogP contribution in [0.5, 0.6) is 0 Å². The summed E-state index contributed by atoms with van der Waals surface area (Å²) >= 11 is 0. The normalized spacial score (nSPS) is 28.3. The molecule has 0 heterocycles. The van der Waals surface area contributed by atoms with Gasteiger partial charge in [0.15, 0.2) is 0 Å². The lowest BCUT2D eigenvalue weighted by molar-refractivity contribution is 0.0722. The second-order valence-electron chi connectivity index (χ2n) is 7.57. The first kappa shape index (κ1) is 15.5. The van der Waals surface area contributed by atoms with Gasteiger partial charge in [0.1, 0.15) is 0 Å². The van der Waals surface area contributed by atoms with Gasteiger partial charge in [-0.1, -0.05) is 52.0 Å². The van der Waals surface area contributed by atoms with E-state index in [1.807, 2.05) is 0 Å². The molecule has 20 heavy (non-hydrogen) atoms. The van der Waals surface area contributed by atoms with E-state index in [-0.39, 0.29) is 11.5 Å². The van der Waals surface area contributed by atoms with Crippen LogP contribution in [-0.4, -0.2) is 24.0 Å². The third-order valence-corrected chi connectivity index (χ3v) is 5.28. The van der Waals surface area contributed by atoms with Crippen LogP contribution in [-0.2, 0) is 0 Å². The molecule has 1 aromatic rings. The molecule has 0 saturated heterocycles. The molecule has 4 atom stereocenters. The fraction of sp³-hybridized carbons (Fsp3) is 0.667. The number of nitrogens with two attached hydrogens (primary N) is 1. The lowest BCUT2D eigenvalue weighted by Crippen LogP contribution is -2.51. The Balaban J connectivity index is 2.28. The van der Waals surface area contributed by atoms with Gasteiger partial charge in [-0.2, -0.15) is 0 Å². The zero-order chi connectivity index (χ0) is 15.1. The predicted molar refractivity (Wildman–Crippen MR) is 86.9 cm³/mol. The van der Waals surface area contributed by atoms with Crippen LogP contribution in [0, 0.1) is 5.41 Å². The second kappa shape index (κ2) is 5.50. The lowest BCUT2D eigenvalue weighted by Gasteiger charge is -2.46. The van der Waals surface area contributed by atoms with Crippen molar-refractivity contribution in [3.63, 3.8) is 0 Å². The Labute approximate surface area is 124 Å². The maximum atomic E-state index is 6.59. The molecule has 2 heteroatoms. The summed E-state index contributed by atoms with van der Waals surface area (Å²) in [4.78, 5) is 2.50. The summed E-state index contributed by atoms with van der Waals surface area (Å²) in [7, 11) is 2.24. The number of hydrogen-bond donors (Lipinski definition) is 1. The van der Waals surface area contributed by atoms with Crippen molar-refractivity contribution in [2.24, 2.45) is 11.1 Å². The fourth-order valence-corrected chi connectivity index (χ4v) is 3.42. The van der Waals surface area contributed by atoms with E-state index < -0.39 is 0 Å². The largest absolute Gasteiger partial charge is 0.323 e. The highest BCUT2D eigenvalue weighted by Crippen LogP contribution is 2.39. The van der Waals surface area contributed by atoms with Crippen LogP contribution in [0.15, 0.2) is 24.3 Å². The lowest BCUT2D eigenvalue weighted by atomic mass is 9.76. The minimum atomic E-state index is 0.122. The van der Waals surface area contributed by atoms with Crippen molar-refractivity contribution >= 4 is 0 Å². The smallest absolute Gasteiger partial charge is 0.0456 e. The van der Waals surface area contributed by atoms with Gasteiger partial charge in [0.25, 0.3) is 0 Å². The molecule has 2 N–H and O–H groups in total. The second-order valence-corrected chi connectivity index (χ2v) is 7.57. The number of nitrogens with zero attached hydrogens (tertiary/aromatic N) is 1. The van der Waals surface area contributed by atoms with Gasteiger partial charge in [-0.05, 0) is 42.9 Å². The van der Waals surface area contributed by atoms with Gasteiger partial charge >= 0.3 is 0 Å². The maximum Gasteiger partial charge on any atom is 0.0456 e. The number of fused-ring (bicyclic) bond motifs is 1. The van der Waals surface area contributed by atoms with Crippen molar-refractivity contribution in [3.8, 4) is 0 Å². The number of benzene rings is 1. The van der Waals surface area contributed by atoms with E-state index in [2.05, 4.69) is 70.8 Å². The highest BCUT2D eigenvalue weighted by Gasteiger charge is 2.37. The molecule has 4 unspecified atom stereocenters. The Morgan fingerprint density at radius 2 is 1.75 bits per heavy atom. The van der Waals surface area contributed by atoms with Gasteiger partial charge in [0, 0.05) is 18.1 Å². The minimum absolute atomic E-state index is 0.122. The average Bonchev–Trinajstić information content (AvgIpc) is 2.40. The van der Waals surface area contributed by atoms with Crippen molar-refractivity contribution in [2.75, 3.05) is 7.05 Å². The molecule has 1 aromatic carbocycles. The SMILES string of the molecule is CC1CC(N(C)C(C)C(C)(C)C)C(N)c2ccccc21. The Morgan fingerprint density at radius 3 is 2.30 bits per heavy atom.